The lowest BCUT2D eigenvalue weighted by atomic mass is 9.79. The van der Waals surface area contributed by atoms with Crippen molar-refractivity contribution in [3.05, 3.63) is 40.4 Å². The van der Waals surface area contributed by atoms with Gasteiger partial charge in [0.25, 0.3) is 5.91 Å². The van der Waals surface area contributed by atoms with Gasteiger partial charge in [0.2, 0.25) is 0 Å². The summed E-state index contributed by atoms with van der Waals surface area (Å²) in [5.41, 5.74) is 2.02. The highest BCUT2D eigenvalue weighted by Crippen LogP contribution is 2.40. The summed E-state index contributed by atoms with van der Waals surface area (Å²) >= 11 is 1.43. The Morgan fingerprint density at radius 2 is 1.81 bits per heavy atom. The number of rotatable bonds is 11. The largest absolute Gasteiger partial charge is 0.496 e. The molecule has 2 aromatic carbocycles. The van der Waals surface area contributed by atoms with Gasteiger partial charge in [0.1, 0.15) is 24.5 Å². The van der Waals surface area contributed by atoms with Crippen molar-refractivity contribution in [3.63, 3.8) is 0 Å². The van der Waals surface area contributed by atoms with Gasteiger partial charge in [-0.05, 0) is 56.2 Å². The highest BCUT2D eigenvalue weighted by atomic mass is 32.1. The maximum atomic E-state index is 13.4. The summed E-state index contributed by atoms with van der Waals surface area (Å²) in [7, 11) is 3.31. The Bertz CT molecular complexity index is 1370. The van der Waals surface area contributed by atoms with E-state index in [1.807, 2.05) is 13.0 Å². The van der Waals surface area contributed by atoms with Crippen LogP contribution in [0, 0.1) is 24.7 Å². The first-order valence-corrected chi connectivity index (χ1v) is 15.8. The summed E-state index contributed by atoms with van der Waals surface area (Å²) in [4.78, 5) is 31.0. The number of ether oxygens (including phenoxy) is 4. The molecule has 3 aromatic rings. The summed E-state index contributed by atoms with van der Waals surface area (Å²) < 4.78 is 22.6. The number of nitrogens with zero attached hydrogens (tertiary/aromatic N) is 1. The molecule has 1 aromatic heterocycles. The van der Waals surface area contributed by atoms with E-state index in [2.05, 4.69) is 31.1 Å². The fourth-order valence-electron chi connectivity index (χ4n) is 5.59. The molecule has 0 saturated heterocycles. The molecule has 42 heavy (non-hydrogen) atoms. The zero-order chi connectivity index (χ0) is 30.2. The number of hydrogen-bond donors (Lipinski definition) is 1. The molecule has 1 fully saturated rings. The highest BCUT2D eigenvalue weighted by Gasteiger charge is 2.31. The third kappa shape index (κ3) is 7.61. The molecule has 2 atom stereocenters. The van der Waals surface area contributed by atoms with E-state index in [0.29, 0.717) is 47.3 Å². The zero-order valence-corrected chi connectivity index (χ0v) is 26.5. The maximum absolute atomic E-state index is 13.4. The molecule has 0 spiro atoms. The van der Waals surface area contributed by atoms with E-state index in [1.165, 1.54) is 37.7 Å². The first-order valence-electron chi connectivity index (χ1n) is 15.0. The van der Waals surface area contributed by atoms with Crippen LogP contribution in [-0.2, 0) is 4.74 Å². The van der Waals surface area contributed by atoms with Crippen molar-refractivity contribution >= 4 is 38.9 Å². The maximum Gasteiger partial charge on any atom is 0.260 e. The number of benzene rings is 2. The van der Waals surface area contributed by atoms with Gasteiger partial charge in [0, 0.05) is 31.3 Å². The average molecular weight is 597 g/mol. The molecule has 5 rings (SSSR count). The molecule has 228 valence electrons. The Morgan fingerprint density at radius 3 is 2.43 bits per heavy atom. The first kappa shape index (κ1) is 31.8. The summed E-state index contributed by atoms with van der Waals surface area (Å²) in [5.74, 6) is 2.75. The number of ketones is 1. The van der Waals surface area contributed by atoms with Gasteiger partial charge < -0.3 is 24.3 Å². The van der Waals surface area contributed by atoms with Crippen LogP contribution < -0.4 is 19.5 Å². The van der Waals surface area contributed by atoms with Crippen molar-refractivity contribution in [1.29, 1.82) is 0 Å². The van der Waals surface area contributed by atoms with Gasteiger partial charge in [0.05, 0.1) is 28.0 Å². The van der Waals surface area contributed by atoms with Crippen molar-refractivity contribution < 1.29 is 28.5 Å². The van der Waals surface area contributed by atoms with Crippen LogP contribution in [-0.4, -0.2) is 50.7 Å². The predicted molar refractivity (Wildman–Crippen MR) is 168 cm³/mol. The molecule has 0 bridgehead atoms. The highest BCUT2D eigenvalue weighted by molar-refractivity contribution is 7.19. The lowest BCUT2D eigenvalue weighted by Gasteiger charge is -2.26. The van der Waals surface area contributed by atoms with E-state index in [-0.39, 0.29) is 17.6 Å². The Morgan fingerprint density at radius 1 is 1.10 bits per heavy atom. The van der Waals surface area contributed by atoms with Gasteiger partial charge in [0.15, 0.2) is 17.3 Å². The van der Waals surface area contributed by atoms with E-state index < -0.39 is 0 Å². The molecule has 8 nitrogen and oxygen atoms in total. The predicted octanol–water partition coefficient (Wildman–Crippen LogP) is 7.71. The number of aryl methyl sites for hydroxylation is 1. The van der Waals surface area contributed by atoms with E-state index in [0.717, 1.165) is 52.9 Å². The molecule has 1 saturated carbocycles. The van der Waals surface area contributed by atoms with Crippen molar-refractivity contribution in [2.75, 3.05) is 39.4 Å². The standard InChI is InChI=1S/C23H22N2O5S.C10H22O/c1-12-24-15-6-7-17(28-2)20(22(15)31-12)23(27)25-16-11-19-18(29-8-9-30-19)10-14(16)21(26)13-4-3-5-13;1-5-6-9(2)7-10(3)8-11-4/h6-7,10-11,13H,3-5,8-9H2,1-2H3,(H,25,27);9-10H,5-8H2,1-4H3. The molecule has 1 aliphatic carbocycles. The van der Waals surface area contributed by atoms with Crippen LogP contribution in [0.5, 0.6) is 17.2 Å². The summed E-state index contributed by atoms with van der Waals surface area (Å²) in [6.45, 7) is 10.5. The van der Waals surface area contributed by atoms with Crippen LogP contribution in [0.25, 0.3) is 10.2 Å². The molecule has 1 aliphatic heterocycles. The SMILES string of the molecule is CCCC(C)CC(C)COC.COc1ccc2nc(C)sc2c1C(=O)Nc1cc2c(cc1C(=O)C1CCC1)OCCO2. The number of Topliss-reactive ketones (excluding diaryl/α,β-unsaturated/α-hetero) is 1. The Hall–Kier alpha value is -3.17. The fourth-order valence-corrected chi connectivity index (χ4v) is 6.54. The van der Waals surface area contributed by atoms with E-state index in [4.69, 9.17) is 18.9 Å². The molecule has 2 aliphatic rings. The second-order valence-electron chi connectivity index (χ2n) is 11.4. The molecular formula is C33H44N2O6S. The minimum Gasteiger partial charge on any atom is -0.496 e. The van der Waals surface area contributed by atoms with Gasteiger partial charge in [-0.2, -0.15) is 0 Å². The van der Waals surface area contributed by atoms with Crippen molar-refractivity contribution in [3.8, 4) is 17.2 Å². The Kier molecular flexibility index (Phi) is 11.2. The van der Waals surface area contributed by atoms with Crippen LogP contribution >= 0.6 is 11.3 Å². The molecule has 2 heterocycles. The second kappa shape index (κ2) is 14.8. The van der Waals surface area contributed by atoms with Crippen molar-refractivity contribution in [2.24, 2.45) is 17.8 Å². The Balaban J connectivity index is 0.000000315. The minimum atomic E-state index is -0.356. The lowest BCUT2D eigenvalue weighted by Crippen LogP contribution is -2.25. The number of thiazole rings is 1. The van der Waals surface area contributed by atoms with Crippen LogP contribution in [0.1, 0.15) is 85.0 Å². The van der Waals surface area contributed by atoms with Gasteiger partial charge in [-0.3, -0.25) is 9.59 Å². The lowest BCUT2D eigenvalue weighted by molar-refractivity contribution is 0.0855. The van der Waals surface area contributed by atoms with Crippen molar-refractivity contribution in [2.45, 2.75) is 66.2 Å². The van der Waals surface area contributed by atoms with Gasteiger partial charge in [-0.1, -0.05) is 40.0 Å². The molecule has 2 unspecified atom stereocenters. The molecule has 1 N–H and O–H groups in total. The summed E-state index contributed by atoms with van der Waals surface area (Å²) in [6, 6.07) is 6.95. The second-order valence-corrected chi connectivity index (χ2v) is 12.6. The molecular weight excluding hydrogens is 552 g/mol. The number of nitrogens with one attached hydrogen (secondary N) is 1. The summed E-state index contributed by atoms with van der Waals surface area (Å²) in [6.07, 6.45) is 6.76. The summed E-state index contributed by atoms with van der Waals surface area (Å²) in [5, 5.41) is 3.80. The van der Waals surface area contributed by atoms with E-state index in [9.17, 15) is 9.59 Å². The number of carbonyl (C=O) groups is 2. The monoisotopic (exact) mass is 596 g/mol. The fraction of sp³-hybridized carbons (Fsp3) is 0.545. The van der Waals surface area contributed by atoms with Crippen molar-refractivity contribution in [1.82, 2.24) is 4.98 Å². The number of anilines is 1. The van der Waals surface area contributed by atoms with E-state index in [1.54, 1.807) is 25.3 Å². The first-order chi connectivity index (χ1) is 20.2. The smallest absolute Gasteiger partial charge is 0.260 e. The molecule has 1 amide bonds. The van der Waals surface area contributed by atoms with Gasteiger partial charge in [-0.15, -0.1) is 11.3 Å². The quantitative estimate of drug-likeness (QED) is 0.226. The normalized spacial score (nSPS) is 15.7. The van der Waals surface area contributed by atoms with Crippen LogP contribution in [0.2, 0.25) is 0 Å². The third-order valence-corrected chi connectivity index (χ3v) is 8.79. The number of aromatic nitrogens is 1. The molecule has 0 radical (unpaired) electrons. The third-order valence-electron chi connectivity index (χ3n) is 7.78. The number of methoxy groups -OCH3 is 2. The van der Waals surface area contributed by atoms with E-state index >= 15 is 0 Å². The zero-order valence-electron chi connectivity index (χ0n) is 25.7. The topological polar surface area (TPSA) is 96.0 Å². The number of hydrogen-bond acceptors (Lipinski definition) is 8. The van der Waals surface area contributed by atoms with Gasteiger partial charge in [-0.25, -0.2) is 4.98 Å². The molecule has 9 heteroatoms. The average Bonchev–Trinajstić information content (AvgIpc) is 3.31. The minimum absolute atomic E-state index is 0.0136. The number of carbonyl (C=O) groups excluding carboxylic acids is 2. The van der Waals surface area contributed by atoms with Gasteiger partial charge >= 0.3 is 0 Å². The number of amides is 1. The van der Waals surface area contributed by atoms with Crippen LogP contribution in [0.15, 0.2) is 24.3 Å². The van der Waals surface area contributed by atoms with Crippen LogP contribution in [0.3, 0.4) is 0 Å². The van der Waals surface area contributed by atoms with Crippen LogP contribution in [0.4, 0.5) is 5.69 Å². The Labute approximate surface area is 253 Å². The number of fused-ring (bicyclic) bond motifs is 2.